The number of nitrogens with zero attached hydrogens (tertiary/aromatic N) is 3. The smallest absolute Gasteiger partial charge is 0.407 e. The van der Waals surface area contributed by atoms with Crippen molar-refractivity contribution in [1.82, 2.24) is 15.1 Å². The van der Waals surface area contributed by atoms with Crippen LogP contribution in [0, 0.1) is 0 Å². The topological polar surface area (TPSA) is 102 Å². The monoisotopic (exact) mass is 250 g/mol. The Morgan fingerprint density at radius 1 is 1.56 bits per heavy atom. The lowest BCUT2D eigenvalue weighted by atomic mass is 10.0. The van der Waals surface area contributed by atoms with Crippen LogP contribution in [0.4, 0.5) is 10.6 Å². The van der Waals surface area contributed by atoms with Crippen molar-refractivity contribution < 1.29 is 14.6 Å². The number of carboxylic acid groups (broad SMARTS) is 1. The van der Waals surface area contributed by atoms with Crippen molar-refractivity contribution in [1.29, 1.82) is 0 Å². The Labute approximate surface area is 104 Å². The van der Waals surface area contributed by atoms with E-state index in [2.05, 4.69) is 10.2 Å². The highest BCUT2D eigenvalue weighted by molar-refractivity contribution is 5.72. The molecule has 1 amide bonds. The maximum absolute atomic E-state index is 10.8. The number of anilines is 1. The fourth-order valence-electron chi connectivity index (χ4n) is 1.82. The third-order valence-electron chi connectivity index (χ3n) is 2.78. The second-order valence-corrected chi connectivity index (χ2v) is 3.89. The van der Waals surface area contributed by atoms with Crippen molar-refractivity contribution in [2.24, 2.45) is 0 Å². The first-order valence-electron chi connectivity index (χ1n) is 5.46. The van der Waals surface area contributed by atoms with Crippen molar-refractivity contribution in [2.75, 3.05) is 25.9 Å². The molecular weight excluding hydrogens is 236 g/mol. The first-order valence-corrected chi connectivity index (χ1v) is 5.46. The van der Waals surface area contributed by atoms with Gasteiger partial charge in [-0.05, 0) is 12.0 Å². The minimum atomic E-state index is -0.916. The summed E-state index contributed by atoms with van der Waals surface area (Å²) in [6.45, 7) is 0.788. The van der Waals surface area contributed by atoms with Crippen LogP contribution < -0.4 is 10.5 Å². The van der Waals surface area contributed by atoms with Gasteiger partial charge in [0, 0.05) is 19.2 Å². The van der Waals surface area contributed by atoms with Crippen LogP contribution in [0.2, 0.25) is 0 Å². The molecular formula is C11H14N4O3. The summed E-state index contributed by atoms with van der Waals surface area (Å²) < 4.78 is 5.20. The van der Waals surface area contributed by atoms with Gasteiger partial charge in [0.15, 0.2) is 0 Å². The van der Waals surface area contributed by atoms with Gasteiger partial charge in [0.05, 0.1) is 7.11 Å². The number of amides is 1. The number of hydrogen-bond acceptors (Lipinski definition) is 5. The molecule has 0 radical (unpaired) electrons. The summed E-state index contributed by atoms with van der Waals surface area (Å²) in [4.78, 5) is 12.1. The predicted octanol–water partition coefficient (Wildman–Crippen LogP) is 0.835. The summed E-state index contributed by atoms with van der Waals surface area (Å²) >= 11 is 0. The summed E-state index contributed by atoms with van der Waals surface area (Å²) in [7, 11) is 1.53. The third-order valence-corrected chi connectivity index (χ3v) is 2.78. The molecule has 7 heteroatoms. The Hall–Kier alpha value is -2.31. The molecule has 0 atom stereocenters. The lowest BCUT2D eigenvalue weighted by Crippen LogP contribution is -2.33. The van der Waals surface area contributed by atoms with E-state index in [9.17, 15) is 4.79 Å². The van der Waals surface area contributed by atoms with Crippen molar-refractivity contribution in [2.45, 2.75) is 6.42 Å². The second kappa shape index (κ2) is 4.91. The average Bonchev–Trinajstić information content (AvgIpc) is 2.38. The maximum atomic E-state index is 10.8. The largest absolute Gasteiger partial charge is 0.494 e. The Morgan fingerprint density at radius 3 is 2.89 bits per heavy atom. The van der Waals surface area contributed by atoms with Crippen LogP contribution in [0.1, 0.15) is 12.1 Å². The van der Waals surface area contributed by atoms with Crippen LogP contribution in [-0.4, -0.2) is 46.5 Å². The van der Waals surface area contributed by atoms with Gasteiger partial charge < -0.3 is 20.5 Å². The molecule has 0 aliphatic carbocycles. The second-order valence-electron chi connectivity index (χ2n) is 3.89. The van der Waals surface area contributed by atoms with Crippen molar-refractivity contribution >= 4 is 17.5 Å². The number of rotatable bonds is 2. The Balaban J connectivity index is 2.25. The van der Waals surface area contributed by atoms with Crippen molar-refractivity contribution in [3.05, 3.63) is 17.8 Å². The number of ether oxygens (including phenoxy) is 1. The first-order chi connectivity index (χ1) is 8.61. The van der Waals surface area contributed by atoms with Crippen LogP contribution in [0.25, 0.3) is 5.57 Å². The number of hydrogen-bond donors (Lipinski definition) is 2. The van der Waals surface area contributed by atoms with E-state index in [0.29, 0.717) is 36.8 Å². The van der Waals surface area contributed by atoms with E-state index in [0.717, 1.165) is 5.57 Å². The summed E-state index contributed by atoms with van der Waals surface area (Å²) in [5.41, 5.74) is 7.08. The van der Waals surface area contributed by atoms with E-state index in [1.54, 1.807) is 6.07 Å². The fourth-order valence-corrected chi connectivity index (χ4v) is 1.82. The summed E-state index contributed by atoms with van der Waals surface area (Å²) in [6, 6.07) is 1.60. The van der Waals surface area contributed by atoms with Crippen LogP contribution in [0.3, 0.4) is 0 Å². The average molecular weight is 250 g/mol. The SMILES string of the molecule is COc1cc(N)nnc1C1=CCN(C(=O)O)CC1. The van der Waals surface area contributed by atoms with Crippen LogP contribution in [0.5, 0.6) is 5.75 Å². The molecule has 1 aromatic heterocycles. The standard InChI is InChI=1S/C11H14N4O3/c1-18-8-6-9(12)13-14-10(8)7-2-4-15(5-3-7)11(16)17/h2,6H,3-5H2,1H3,(H2,12,13)(H,16,17). The Kier molecular flexibility index (Phi) is 3.31. The Bertz CT molecular complexity index is 501. The number of nitrogens with two attached hydrogens (primary N) is 1. The van der Waals surface area contributed by atoms with Gasteiger partial charge in [0.25, 0.3) is 0 Å². The number of methoxy groups -OCH3 is 1. The molecule has 1 aromatic rings. The lowest BCUT2D eigenvalue weighted by molar-refractivity contribution is 0.150. The number of carbonyl (C=O) groups is 1. The third kappa shape index (κ3) is 2.34. The summed E-state index contributed by atoms with van der Waals surface area (Å²) in [5.74, 6) is 0.844. The van der Waals surface area contributed by atoms with Crippen molar-refractivity contribution in [3.63, 3.8) is 0 Å². The number of aromatic nitrogens is 2. The van der Waals surface area contributed by atoms with Crippen LogP contribution >= 0.6 is 0 Å². The lowest BCUT2D eigenvalue weighted by Gasteiger charge is -2.23. The van der Waals surface area contributed by atoms with E-state index in [1.807, 2.05) is 6.08 Å². The van der Waals surface area contributed by atoms with E-state index in [4.69, 9.17) is 15.6 Å². The highest BCUT2D eigenvalue weighted by Gasteiger charge is 2.20. The van der Waals surface area contributed by atoms with Gasteiger partial charge in [-0.25, -0.2) is 4.79 Å². The normalized spacial score (nSPS) is 15.2. The minimum Gasteiger partial charge on any atom is -0.494 e. The summed E-state index contributed by atoms with van der Waals surface area (Å²) in [6.07, 6.45) is 1.49. The zero-order valence-electron chi connectivity index (χ0n) is 9.96. The molecule has 0 saturated heterocycles. The molecule has 1 aliphatic rings. The molecule has 0 unspecified atom stereocenters. The first kappa shape index (κ1) is 12.2. The molecule has 0 spiro atoms. The van der Waals surface area contributed by atoms with Gasteiger partial charge in [0.1, 0.15) is 17.3 Å². The molecule has 3 N–H and O–H groups in total. The van der Waals surface area contributed by atoms with Gasteiger partial charge in [-0.3, -0.25) is 0 Å². The molecule has 2 heterocycles. The van der Waals surface area contributed by atoms with Crippen LogP contribution in [-0.2, 0) is 0 Å². The van der Waals surface area contributed by atoms with Crippen LogP contribution in [0.15, 0.2) is 12.1 Å². The molecule has 0 aromatic carbocycles. The predicted molar refractivity (Wildman–Crippen MR) is 65.2 cm³/mol. The molecule has 1 aliphatic heterocycles. The highest BCUT2D eigenvalue weighted by Crippen LogP contribution is 2.28. The van der Waals surface area contributed by atoms with E-state index in [-0.39, 0.29) is 0 Å². The van der Waals surface area contributed by atoms with Gasteiger partial charge in [-0.1, -0.05) is 6.08 Å². The van der Waals surface area contributed by atoms with E-state index < -0.39 is 6.09 Å². The molecule has 0 bridgehead atoms. The molecule has 2 rings (SSSR count). The Morgan fingerprint density at radius 2 is 2.33 bits per heavy atom. The quantitative estimate of drug-likeness (QED) is 0.806. The zero-order valence-corrected chi connectivity index (χ0v) is 9.96. The van der Waals surface area contributed by atoms with Gasteiger partial charge >= 0.3 is 6.09 Å². The van der Waals surface area contributed by atoms with Crippen molar-refractivity contribution in [3.8, 4) is 5.75 Å². The fraction of sp³-hybridized carbons (Fsp3) is 0.364. The molecule has 96 valence electrons. The summed E-state index contributed by atoms with van der Waals surface area (Å²) in [5, 5.41) is 16.7. The van der Waals surface area contributed by atoms with E-state index >= 15 is 0 Å². The minimum absolute atomic E-state index is 0.291. The maximum Gasteiger partial charge on any atom is 0.407 e. The highest BCUT2D eigenvalue weighted by atomic mass is 16.5. The van der Waals surface area contributed by atoms with Gasteiger partial charge in [-0.2, -0.15) is 0 Å². The molecule has 18 heavy (non-hydrogen) atoms. The molecule has 0 saturated carbocycles. The molecule has 7 nitrogen and oxygen atoms in total. The van der Waals surface area contributed by atoms with Gasteiger partial charge in [-0.15, -0.1) is 10.2 Å². The molecule has 0 fully saturated rings. The van der Waals surface area contributed by atoms with Gasteiger partial charge in [0.2, 0.25) is 0 Å². The number of nitrogen functional groups attached to an aromatic ring is 1. The zero-order chi connectivity index (χ0) is 13.1. The van der Waals surface area contributed by atoms with E-state index in [1.165, 1.54) is 12.0 Å².